The molecule has 0 N–H and O–H groups in total. The van der Waals surface area contributed by atoms with E-state index in [-0.39, 0.29) is 11.3 Å². The van der Waals surface area contributed by atoms with E-state index in [9.17, 15) is 13.2 Å². The lowest BCUT2D eigenvalue weighted by atomic mass is 10.1. The fraction of sp³-hybridized carbons (Fsp3) is 0.269. The van der Waals surface area contributed by atoms with E-state index in [1.807, 2.05) is 43.3 Å². The monoisotopic (exact) mass is 451 g/mol. The van der Waals surface area contributed by atoms with Gasteiger partial charge >= 0.3 is 0 Å². The largest absolute Gasteiger partial charge is 0.494 e. The van der Waals surface area contributed by atoms with Crippen LogP contribution in [0.15, 0.2) is 83.8 Å². The molecule has 0 aliphatic carbocycles. The van der Waals surface area contributed by atoms with E-state index in [2.05, 4.69) is 6.92 Å². The van der Waals surface area contributed by atoms with Gasteiger partial charge in [0.05, 0.1) is 17.2 Å². The maximum atomic E-state index is 13.3. The van der Waals surface area contributed by atoms with Gasteiger partial charge in [0.15, 0.2) is 0 Å². The molecule has 3 aromatic carbocycles. The fourth-order valence-corrected chi connectivity index (χ4v) is 4.79. The van der Waals surface area contributed by atoms with E-state index in [0.29, 0.717) is 18.7 Å². The number of carbonyl (C=O) groups is 1. The molecular formula is C26H29NO4S. The molecule has 6 heteroatoms. The molecule has 0 aliphatic heterocycles. The molecule has 0 bridgehead atoms. The number of hydrogen-bond acceptors (Lipinski definition) is 4. The van der Waals surface area contributed by atoms with Crippen LogP contribution in [0.25, 0.3) is 0 Å². The van der Waals surface area contributed by atoms with Gasteiger partial charge in [-0.15, -0.1) is 0 Å². The molecule has 0 atom stereocenters. The van der Waals surface area contributed by atoms with Crippen molar-refractivity contribution in [2.75, 3.05) is 10.9 Å². The second-order valence-electron chi connectivity index (χ2n) is 7.45. The lowest BCUT2D eigenvalue weighted by molar-refractivity contribution is -0.117. The topological polar surface area (TPSA) is 63.7 Å². The van der Waals surface area contributed by atoms with Crippen LogP contribution in [-0.2, 0) is 27.7 Å². The Hall–Kier alpha value is -3.12. The van der Waals surface area contributed by atoms with E-state index in [1.54, 1.807) is 30.3 Å². The minimum atomic E-state index is -4.03. The van der Waals surface area contributed by atoms with Crippen LogP contribution in [-0.4, -0.2) is 20.9 Å². The van der Waals surface area contributed by atoms with Gasteiger partial charge in [0, 0.05) is 6.42 Å². The summed E-state index contributed by atoms with van der Waals surface area (Å²) in [5.41, 5.74) is 2.64. The number of anilines is 1. The van der Waals surface area contributed by atoms with Crippen molar-refractivity contribution in [3.05, 3.63) is 90.0 Å². The van der Waals surface area contributed by atoms with E-state index < -0.39 is 15.9 Å². The van der Waals surface area contributed by atoms with Crippen molar-refractivity contribution >= 4 is 21.6 Å². The highest BCUT2D eigenvalue weighted by Crippen LogP contribution is 2.25. The van der Waals surface area contributed by atoms with Crippen LogP contribution < -0.4 is 9.04 Å². The zero-order chi connectivity index (χ0) is 23.0. The Balaban J connectivity index is 1.74. The lowest BCUT2D eigenvalue weighted by Crippen LogP contribution is -2.37. The Labute approximate surface area is 190 Å². The maximum Gasteiger partial charge on any atom is 0.270 e. The number of carbonyl (C=O) groups excluding carboxylic acids is 1. The number of ether oxygens (including phenoxy) is 1. The van der Waals surface area contributed by atoms with Crippen molar-refractivity contribution in [2.24, 2.45) is 0 Å². The van der Waals surface area contributed by atoms with Crippen LogP contribution in [0, 0.1) is 0 Å². The Morgan fingerprint density at radius 1 is 0.812 bits per heavy atom. The summed E-state index contributed by atoms with van der Waals surface area (Å²) in [6.07, 6.45) is 2.24. The highest BCUT2D eigenvalue weighted by atomic mass is 32.2. The lowest BCUT2D eigenvalue weighted by Gasteiger charge is -2.23. The number of nitrogens with zero attached hydrogens (tertiary/aromatic N) is 1. The summed E-state index contributed by atoms with van der Waals surface area (Å²) >= 11 is 0. The number of hydrogen-bond donors (Lipinski definition) is 0. The maximum absolute atomic E-state index is 13.3. The zero-order valence-corrected chi connectivity index (χ0v) is 19.3. The Morgan fingerprint density at radius 3 is 1.94 bits per heavy atom. The second kappa shape index (κ2) is 11.0. The molecule has 0 fully saturated rings. The van der Waals surface area contributed by atoms with Gasteiger partial charge in [0.2, 0.25) is 5.91 Å². The number of rotatable bonds is 10. The van der Waals surface area contributed by atoms with Crippen LogP contribution in [0.3, 0.4) is 0 Å². The molecule has 0 aliphatic rings. The molecule has 3 aromatic rings. The van der Waals surface area contributed by atoms with E-state index in [1.165, 1.54) is 17.7 Å². The normalized spacial score (nSPS) is 11.2. The predicted octanol–water partition coefficient (Wildman–Crippen LogP) is 5.39. The van der Waals surface area contributed by atoms with Gasteiger partial charge in [-0.1, -0.05) is 56.3 Å². The molecule has 3 rings (SSSR count). The third-order valence-electron chi connectivity index (χ3n) is 5.22. The highest BCUT2D eigenvalue weighted by Gasteiger charge is 2.30. The smallest absolute Gasteiger partial charge is 0.270 e. The van der Waals surface area contributed by atoms with Gasteiger partial charge in [0.1, 0.15) is 5.75 Å². The molecule has 5 nitrogen and oxygen atoms in total. The summed E-state index contributed by atoms with van der Waals surface area (Å²) in [6.45, 7) is 4.44. The number of benzene rings is 3. The SMILES string of the molecule is CCc1ccc(OCCCC(=O)N(c2ccc(CC)cc2)S(=O)(=O)c2ccccc2)cc1. The van der Waals surface area contributed by atoms with Crippen molar-refractivity contribution in [3.63, 3.8) is 0 Å². The summed E-state index contributed by atoms with van der Waals surface area (Å²) in [6, 6.07) is 22.9. The first-order valence-electron chi connectivity index (χ1n) is 10.9. The highest BCUT2D eigenvalue weighted by molar-refractivity contribution is 7.93. The van der Waals surface area contributed by atoms with Gasteiger partial charge < -0.3 is 4.74 Å². The average Bonchev–Trinajstić information content (AvgIpc) is 2.83. The summed E-state index contributed by atoms with van der Waals surface area (Å²) in [7, 11) is -4.03. The third-order valence-corrected chi connectivity index (χ3v) is 6.99. The van der Waals surface area contributed by atoms with Crippen molar-refractivity contribution in [1.82, 2.24) is 0 Å². The number of aryl methyl sites for hydroxylation is 2. The summed E-state index contributed by atoms with van der Waals surface area (Å²) in [5.74, 6) is 0.251. The third kappa shape index (κ3) is 5.77. The summed E-state index contributed by atoms with van der Waals surface area (Å²) in [5, 5.41) is 0. The first kappa shape index (κ1) is 23.5. The molecule has 0 saturated heterocycles. The zero-order valence-electron chi connectivity index (χ0n) is 18.5. The molecule has 32 heavy (non-hydrogen) atoms. The molecule has 0 spiro atoms. The summed E-state index contributed by atoms with van der Waals surface area (Å²) in [4.78, 5) is 13.2. The molecule has 1 amide bonds. The van der Waals surface area contributed by atoms with Gasteiger partial charge in [-0.3, -0.25) is 4.79 Å². The summed E-state index contributed by atoms with van der Waals surface area (Å²) < 4.78 is 33.3. The van der Waals surface area contributed by atoms with Gasteiger partial charge in [-0.05, 0) is 66.8 Å². The van der Waals surface area contributed by atoms with Gasteiger partial charge in [-0.2, -0.15) is 0 Å². The van der Waals surface area contributed by atoms with Crippen molar-refractivity contribution in [2.45, 2.75) is 44.4 Å². The number of amides is 1. The van der Waals surface area contributed by atoms with Crippen molar-refractivity contribution in [3.8, 4) is 5.75 Å². The fourth-order valence-electron chi connectivity index (χ4n) is 3.32. The average molecular weight is 452 g/mol. The van der Waals surface area contributed by atoms with Crippen LogP contribution in [0.2, 0.25) is 0 Å². The Kier molecular flexibility index (Phi) is 8.06. The molecule has 0 aromatic heterocycles. The van der Waals surface area contributed by atoms with E-state index in [4.69, 9.17) is 4.74 Å². The molecule has 0 unspecified atom stereocenters. The Morgan fingerprint density at radius 2 is 1.38 bits per heavy atom. The quantitative estimate of drug-likeness (QED) is 0.388. The first-order valence-corrected chi connectivity index (χ1v) is 12.3. The van der Waals surface area contributed by atoms with Crippen molar-refractivity contribution < 1.29 is 17.9 Å². The Bertz CT molecular complexity index is 1110. The van der Waals surface area contributed by atoms with E-state index >= 15 is 0 Å². The minimum absolute atomic E-state index is 0.0502. The van der Waals surface area contributed by atoms with Crippen molar-refractivity contribution in [1.29, 1.82) is 0 Å². The first-order chi connectivity index (χ1) is 15.5. The molecule has 168 valence electrons. The molecular weight excluding hydrogens is 422 g/mol. The van der Waals surface area contributed by atoms with Gasteiger partial charge in [-0.25, -0.2) is 12.7 Å². The molecule has 0 heterocycles. The molecule has 0 radical (unpaired) electrons. The second-order valence-corrected chi connectivity index (χ2v) is 9.23. The standard InChI is InChI=1S/C26H29NO4S/c1-3-21-12-16-23(17-13-21)27(32(29,30)25-9-6-5-7-10-25)26(28)11-8-20-31-24-18-14-22(4-2)15-19-24/h5-7,9-10,12-19H,3-4,8,11,20H2,1-2H3. The molecule has 0 saturated carbocycles. The predicted molar refractivity (Wildman–Crippen MR) is 127 cm³/mol. The van der Waals surface area contributed by atoms with Crippen LogP contribution in [0.4, 0.5) is 5.69 Å². The van der Waals surface area contributed by atoms with Gasteiger partial charge in [0.25, 0.3) is 10.0 Å². The van der Waals surface area contributed by atoms with Crippen LogP contribution in [0.5, 0.6) is 5.75 Å². The van der Waals surface area contributed by atoms with Crippen LogP contribution >= 0.6 is 0 Å². The van der Waals surface area contributed by atoms with E-state index in [0.717, 1.165) is 28.5 Å². The van der Waals surface area contributed by atoms with Crippen LogP contribution in [0.1, 0.15) is 37.8 Å². The minimum Gasteiger partial charge on any atom is -0.494 e. The number of sulfonamides is 1.